The van der Waals surface area contributed by atoms with Crippen molar-refractivity contribution in [1.82, 2.24) is 0 Å². The molecular weight excluding hydrogens is 214 g/mol. The van der Waals surface area contributed by atoms with E-state index < -0.39 is 0 Å². The molecule has 1 aliphatic rings. The van der Waals surface area contributed by atoms with Crippen molar-refractivity contribution in [2.45, 2.75) is 51.9 Å². The topological polar surface area (TPSA) is 26.3 Å². The first-order valence-corrected chi connectivity index (χ1v) is 7.15. The number of carbonyl (C=O) groups excluding carboxylic acids is 1. The maximum absolute atomic E-state index is 11.1. The van der Waals surface area contributed by atoms with Gasteiger partial charge in [0.15, 0.2) is 0 Å². The number of rotatable bonds is 7. The number of quaternary nitrogens is 1. The molecule has 0 N–H and O–H groups in total. The molecule has 0 amide bonds. The fourth-order valence-corrected chi connectivity index (χ4v) is 2.67. The van der Waals surface area contributed by atoms with Crippen LogP contribution in [0.2, 0.25) is 0 Å². The van der Waals surface area contributed by atoms with E-state index in [1.807, 2.05) is 6.92 Å². The number of piperidine rings is 1. The Morgan fingerprint density at radius 2 is 1.82 bits per heavy atom. The predicted octanol–water partition coefficient (Wildman–Crippen LogP) is 2.74. The van der Waals surface area contributed by atoms with Crippen molar-refractivity contribution >= 4 is 5.97 Å². The van der Waals surface area contributed by atoms with Crippen LogP contribution < -0.4 is 0 Å². The van der Waals surface area contributed by atoms with E-state index in [1.165, 1.54) is 49.8 Å². The molecule has 1 aliphatic heterocycles. The van der Waals surface area contributed by atoms with Crippen LogP contribution in [0.5, 0.6) is 0 Å². The first-order chi connectivity index (χ1) is 8.16. The summed E-state index contributed by atoms with van der Waals surface area (Å²) >= 11 is 0. The number of hydrogen-bond donors (Lipinski definition) is 0. The lowest BCUT2D eigenvalue weighted by Crippen LogP contribution is -2.48. The van der Waals surface area contributed by atoms with E-state index in [4.69, 9.17) is 4.74 Å². The highest BCUT2D eigenvalue weighted by molar-refractivity contribution is 5.69. The van der Waals surface area contributed by atoms with Gasteiger partial charge in [0, 0.05) is 6.42 Å². The Bertz CT molecular complexity index is 222. The highest BCUT2D eigenvalue weighted by Crippen LogP contribution is 2.17. The molecule has 0 aromatic carbocycles. The van der Waals surface area contributed by atoms with Gasteiger partial charge in [0.25, 0.3) is 0 Å². The molecule has 0 bridgehead atoms. The van der Waals surface area contributed by atoms with Gasteiger partial charge in [-0.25, -0.2) is 0 Å². The number of nitrogens with zero attached hydrogens (tertiary/aromatic N) is 1. The van der Waals surface area contributed by atoms with Gasteiger partial charge < -0.3 is 9.22 Å². The van der Waals surface area contributed by atoms with Crippen molar-refractivity contribution < 1.29 is 14.0 Å². The first kappa shape index (κ1) is 14.5. The zero-order valence-corrected chi connectivity index (χ0v) is 11.5. The Morgan fingerprint density at radius 3 is 2.47 bits per heavy atom. The zero-order valence-electron chi connectivity index (χ0n) is 11.5. The van der Waals surface area contributed by atoms with Crippen molar-refractivity contribution in [3.05, 3.63) is 0 Å². The summed E-state index contributed by atoms with van der Waals surface area (Å²) in [7, 11) is 2.38. The summed E-state index contributed by atoms with van der Waals surface area (Å²) in [5, 5.41) is 0. The van der Waals surface area contributed by atoms with Gasteiger partial charge in [-0.05, 0) is 45.4 Å². The average Bonchev–Trinajstić information content (AvgIpc) is 2.30. The van der Waals surface area contributed by atoms with E-state index in [1.54, 1.807) is 0 Å². The second kappa shape index (κ2) is 7.70. The molecule has 0 spiro atoms. The van der Waals surface area contributed by atoms with E-state index in [0.29, 0.717) is 13.0 Å². The molecule has 3 nitrogen and oxygen atoms in total. The molecule has 17 heavy (non-hydrogen) atoms. The number of carbonyl (C=O) groups is 1. The van der Waals surface area contributed by atoms with Gasteiger partial charge in [-0.15, -0.1) is 0 Å². The van der Waals surface area contributed by atoms with Crippen LogP contribution in [-0.4, -0.2) is 43.7 Å². The SMILES string of the molecule is CCOC(=O)CCCCC[N+]1(C)CCCCC1. The summed E-state index contributed by atoms with van der Waals surface area (Å²) in [5.74, 6) is -0.0362. The minimum atomic E-state index is -0.0362. The Hall–Kier alpha value is -0.570. The minimum absolute atomic E-state index is 0.0362. The summed E-state index contributed by atoms with van der Waals surface area (Å²) in [6.45, 7) is 6.34. The Balaban J connectivity index is 2.01. The van der Waals surface area contributed by atoms with Gasteiger partial charge in [-0.3, -0.25) is 4.79 Å². The number of likely N-dealkylation sites (tertiary alicyclic amines) is 1. The van der Waals surface area contributed by atoms with Crippen LogP contribution in [0.25, 0.3) is 0 Å². The summed E-state index contributed by atoms with van der Waals surface area (Å²) in [6, 6.07) is 0. The molecule has 100 valence electrons. The van der Waals surface area contributed by atoms with Crippen molar-refractivity contribution in [1.29, 1.82) is 0 Å². The van der Waals surface area contributed by atoms with E-state index in [2.05, 4.69) is 7.05 Å². The lowest BCUT2D eigenvalue weighted by Gasteiger charge is -2.37. The second-order valence-electron chi connectivity index (χ2n) is 5.47. The molecule has 0 atom stereocenters. The molecule has 0 aliphatic carbocycles. The average molecular weight is 242 g/mol. The molecule has 0 aromatic heterocycles. The normalized spacial score (nSPS) is 18.9. The molecule has 0 aromatic rings. The number of unbranched alkanes of at least 4 members (excludes halogenated alkanes) is 2. The summed E-state index contributed by atoms with van der Waals surface area (Å²) in [6.07, 6.45) is 8.17. The fraction of sp³-hybridized carbons (Fsp3) is 0.929. The quantitative estimate of drug-likeness (QED) is 0.390. The Labute approximate surface area is 106 Å². The van der Waals surface area contributed by atoms with Crippen LogP contribution in [0.15, 0.2) is 0 Å². The van der Waals surface area contributed by atoms with Crippen molar-refractivity contribution in [2.75, 3.05) is 33.3 Å². The maximum Gasteiger partial charge on any atom is 0.305 e. The number of ether oxygens (including phenoxy) is 1. The smallest absolute Gasteiger partial charge is 0.305 e. The zero-order chi connectivity index (χ0) is 12.6. The number of esters is 1. The summed E-state index contributed by atoms with van der Waals surface area (Å²) < 4.78 is 6.16. The molecule has 0 saturated carbocycles. The highest BCUT2D eigenvalue weighted by atomic mass is 16.5. The molecule has 0 unspecified atom stereocenters. The number of hydrogen-bond acceptors (Lipinski definition) is 2. The molecule has 1 fully saturated rings. The lowest BCUT2D eigenvalue weighted by atomic mass is 10.1. The van der Waals surface area contributed by atoms with Crippen LogP contribution in [0.1, 0.15) is 51.9 Å². The second-order valence-corrected chi connectivity index (χ2v) is 5.47. The predicted molar refractivity (Wildman–Crippen MR) is 69.7 cm³/mol. The molecule has 1 rings (SSSR count). The van der Waals surface area contributed by atoms with Crippen molar-refractivity contribution in [3.8, 4) is 0 Å². The molecule has 1 heterocycles. The lowest BCUT2D eigenvalue weighted by molar-refractivity contribution is -0.914. The van der Waals surface area contributed by atoms with Crippen LogP contribution in [0.4, 0.5) is 0 Å². The van der Waals surface area contributed by atoms with Crippen LogP contribution in [0.3, 0.4) is 0 Å². The Kier molecular flexibility index (Phi) is 6.56. The Morgan fingerprint density at radius 1 is 1.12 bits per heavy atom. The van der Waals surface area contributed by atoms with E-state index in [-0.39, 0.29) is 5.97 Å². The third-order valence-electron chi connectivity index (χ3n) is 3.78. The monoisotopic (exact) mass is 242 g/mol. The van der Waals surface area contributed by atoms with Crippen molar-refractivity contribution in [2.24, 2.45) is 0 Å². The standard InChI is InChI=1S/C14H28NO2/c1-3-17-14(16)10-6-4-7-11-15(2)12-8-5-9-13-15/h3-13H2,1-2H3/q+1. The van der Waals surface area contributed by atoms with Gasteiger partial charge in [0.1, 0.15) is 0 Å². The van der Waals surface area contributed by atoms with Gasteiger partial charge in [0.05, 0.1) is 33.3 Å². The minimum Gasteiger partial charge on any atom is -0.466 e. The van der Waals surface area contributed by atoms with Gasteiger partial charge in [0.2, 0.25) is 0 Å². The first-order valence-electron chi connectivity index (χ1n) is 7.15. The van der Waals surface area contributed by atoms with Crippen molar-refractivity contribution in [3.63, 3.8) is 0 Å². The third kappa shape index (κ3) is 6.06. The summed E-state index contributed by atoms with van der Waals surface area (Å²) in [5.41, 5.74) is 0. The van der Waals surface area contributed by atoms with Gasteiger partial charge >= 0.3 is 5.97 Å². The third-order valence-corrected chi connectivity index (χ3v) is 3.78. The highest BCUT2D eigenvalue weighted by Gasteiger charge is 2.23. The van der Waals surface area contributed by atoms with Crippen LogP contribution in [-0.2, 0) is 9.53 Å². The van der Waals surface area contributed by atoms with Crippen LogP contribution in [0, 0.1) is 0 Å². The van der Waals surface area contributed by atoms with Gasteiger partial charge in [-0.2, -0.15) is 0 Å². The fourth-order valence-electron chi connectivity index (χ4n) is 2.67. The van der Waals surface area contributed by atoms with E-state index in [0.717, 1.165) is 12.8 Å². The molecular formula is C14H28NO2+. The molecule has 3 heteroatoms. The molecule has 0 radical (unpaired) electrons. The summed E-state index contributed by atoms with van der Waals surface area (Å²) in [4.78, 5) is 11.1. The van der Waals surface area contributed by atoms with E-state index in [9.17, 15) is 4.79 Å². The van der Waals surface area contributed by atoms with Crippen LogP contribution >= 0.6 is 0 Å². The largest absolute Gasteiger partial charge is 0.466 e. The van der Waals surface area contributed by atoms with E-state index >= 15 is 0 Å². The maximum atomic E-state index is 11.1. The van der Waals surface area contributed by atoms with Gasteiger partial charge in [-0.1, -0.05) is 0 Å². The molecule has 1 saturated heterocycles.